The normalized spacial score (nSPS) is 5.14. The van der Waals surface area contributed by atoms with Gasteiger partial charge in [0.2, 0.25) is 0 Å². The standard InChI is InChI=1S/2Er.3GeO3/c;;3*2-1(3)4/q2*+3;3*-2. The second kappa shape index (κ2) is 24.5. The molecule has 0 saturated heterocycles. The average Bonchev–Trinajstić information content (AvgIpc) is 1.54. The first-order valence-electron chi connectivity index (χ1n) is 1.84. The summed E-state index contributed by atoms with van der Waals surface area (Å²) in [5.74, 6) is 0. The zero-order valence-electron chi connectivity index (χ0n) is 5.75. The Bertz CT molecular complexity index is 116. The van der Waals surface area contributed by atoms with Crippen molar-refractivity contribution in [1.29, 1.82) is 0 Å². The topological polar surface area (TPSA) is 190 Å². The van der Waals surface area contributed by atoms with Crippen molar-refractivity contribution in [3.63, 3.8) is 0 Å². The van der Waals surface area contributed by atoms with E-state index >= 15 is 0 Å². The Morgan fingerprint density at radius 2 is 0.500 bits per heavy atom. The van der Waals surface area contributed by atoms with Crippen LogP contribution < -0.4 is 24.8 Å². The van der Waals surface area contributed by atoms with Gasteiger partial charge in [-0.1, -0.05) is 0 Å². The average molecular weight is 696 g/mol. The van der Waals surface area contributed by atoms with Crippen molar-refractivity contribution in [3.8, 4) is 0 Å². The number of hydrogen-bond donors (Lipinski definition) is 0. The summed E-state index contributed by atoms with van der Waals surface area (Å²) < 4.78 is 77.2. The van der Waals surface area contributed by atoms with Crippen LogP contribution in [0.15, 0.2) is 0 Å². The molecule has 0 aromatic carbocycles. The van der Waals surface area contributed by atoms with Gasteiger partial charge in [-0.2, -0.15) is 0 Å². The molecule has 0 aliphatic rings. The molecule has 2 radical (unpaired) electrons. The van der Waals surface area contributed by atoms with Gasteiger partial charge in [-0.15, -0.1) is 0 Å². The zero-order valence-corrected chi connectivity index (χ0v) is 15.8. The van der Waals surface area contributed by atoms with Crippen LogP contribution in [0.1, 0.15) is 0 Å². The van der Waals surface area contributed by atoms with E-state index in [-0.39, 0.29) is 74.6 Å². The van der Waals surface area contributed by atoms with E-state index in [1.807, 2.05) is 0 Å². The van der Waals surface area contributed by atoms with Gasteiger partial charge in [-0.3, -0.25) is 0 Å². The van der Waals surface area contributed by atoms with Crippen molar-refractivity contribution in [1.82, 2.24) is 0 Å². The fourth-order valence-corrected chi connectivity index (χ4v) is 0. The van der Waals surface area contributed by atoms with E-state index in [2.05, 4.69) is 0 Å². The monoisotopic (exact) mass is 698 g/mol. The molecule has 0 amide bonds. The summed E-state index contributed by atoms with van der Waals surface area (Å²) in [6, 6.07) is 0. The summed E-state index contributed by atoms with van der Waals surface area (Å²) in [5.41, 5.74) is 0. The molecule has 0 fully saturated rings. The van der Waals surface area contributed by atoms with E-state index in [4.69, 9.17) is 36.1 Å². The molecule has 0 aromatic rings. The molecule has 0 saturated carbocycles. The predicted octanol–water partition coefficient (Wildman–Crippen LogP) is -8.63. The van der Waals surface area contributed by atoms with Gasteiger partial charge < -0.3 is 0 Å². The van der Waals surface area contributed by atoms with E-state index in [0.29, 0.717) is 0 Å². The molecule has 0 spiro atoms. The van der Waals surface area contributed by atoms with E-state index in [1.165, 1.54) is 0 Å². The van der Waals surface area contributed by atoms with Gasteiger partial charge >= 0.3 is 156 Å². The predicted molar refractivity (Wildman–Crippen MR) is 19.3 cm³/mol. The Balaban J connectivity index is -0.0000000270. The van der Waals surface area contributed by atoms with Crippen LogP contribution in [0.5, 0.6) is 0 Å². The second-order valence-corrected chi connectivity index (χ2v) is 3.90. The zero-order chi connectivity index (χ0) is 10.7. The molecule has 0 aliphatic heterocycles. The first-order valence-corrected chi connectivity index (χ1v) is 9.55. The van der Waals surface area contributed by atoms with Gasteiger partial charge in [-0.05, 0) is 0 Å². The van der Waals surface area contributed by atoms with Crippen LogP contribution in [-0.4, -0.2) is 44.9 Å². The molecule has 9 nitrogen and oxygen atoms in total. The molecule has 14 heteroatoms. The van der Waals surface area contributed by atoms with E-state index in [9.17, 15) is 0 Å². The number of hydrogen-bond acceptors (Lipinski definition) is 9. The van der Waals surface area contributed by atoms with Crippen molar-refractivity contribution in [3.05, 3.63) is 0 Å². The van der Waals surface area contributed by atoms with Gasteiger partial charge in [0, 0.05) is 0 Å². The van der Waals surface area contributed by atoms with Crippen LogP contribution in [0.4, 0.5) is 0 Å². The van der Waals surface area contributed by atoms with E-state index in [1.54, 1.807) is 0 Å². The minimum atomic E-state index is -4.08. The number of rotatable bonds is 0. The Morgan fingerprint density at radius 3 is 0.500 bits per heavy atom. The van der Waals surface area contributed by atoms with E-state index < -0.39 is 44.9 Å². The SMILES string of the molecule is [Er+3].[Er+3].[O]=[Ge]([O-])[O-].[O]=[Ge]([O-])[O-].[O]=[Ge]([O-])[O-]. The Labute approximate surface area is 152 Å². The van der Waals surface area contributed by atoms with Crippen molar-refractivity contribution >= 4 is 44.9 Å². The second-order valence-electron chi connectivity index (χ2n) is 0.750. The molecule has 90 valence electrons. The van der Waals surface area contributed by atoms with Gasteiger partial charge in [-0.25, -0.2) is 0 Å². The minimum absolute atomic E-state index is 0. The van der Waals surface area contributed by atoms with Crippen LogP contribution in [0, 0.1) is 74.6 Å². The summed E-state index contributed by atoms with van der Waals surface area (Å²) in [6.45, 7) is 0. The first-order chi connectivity index (χ1) is 5.20. The molecule has 0 aliphatic carbocycles. The Morgan fingerprint density at radius 1 is 0.500 bits per heavy atom. The maximum absolute atomic E-state index is 8.58. The van der Waals surface area contributed by atoms with Crippen LogP contribution in [0.2, 0.25) is 0 Å². The Kier molecular flexibility index (Phi) is 52.3. The summed E-state index contributed by atoms with van der Waals surface area (Å²) in [5, 5.41) is 0. The van der Waals surface area contributed by atoms with Crippen LogP contribution in [0.3, 0.4) is 0 Å². The van der Waals surface area contributed by atoms with Gasteiger partial charge in [0.15, 0.2) is 0 Å². The molecule has 0 heterocycles. The fourth-order valence-electron chi connectivity index (χ4n) is 0. The van der Waals surface area contributed by atoms with Gasteiger partial charge in [0.25, 0.3) is 0 Å². The third-order valence-corrected chi connectivity index (χ3v) is 0. The molecule has 0 bridgehead atoms. The molecule has 0 atom stereocenters. The molecular weight excluding hydrogens is 696 g/mol. The van der Waals surface area contributed by atoms with Gasteiger partial charge in [0.1, 0.15) is 0 Å². The molecule has 0 unspecified atom stereocenters. The van der Waals surface area contributed by atoms with Crippen LogP contribution in [-0.2, 0) is 11.3 Å². The molecule has 0 aromatic heterocycles. The molecular formula is Er2Ge3O9. The van der Waals surface area contributed by atoms with Crippen molar-refractivity contribution < 1.29 is 111 Å². The van der Waals surface area contributed by atoms with Gasteiger partial charge in [0.05, 0.1) is 0 Å². The molecule has 0 rings (SSSR count). The van der Waals surface area contributed by atoms with Crippen molar-refractivity contribution in [2.75, 3.05) is 0 Å². The van der Waals surface area contributed by atoms with Crippen LogP contribution >= 0.6 is 0 Å². The maximum atomic E-state index is 8.58. The van der Waals surface area contributed by atoms with Crippen molar-refractivity contribution in [2.45, 2.75) is 0 Å². The summed E-state index contributed by atoms with van der Waals surface area (Å²) in [4.78, 5) is 0. The van der Waals surface area contributed by atoms with Crippen LogP contribution in [0.25, 0.3) is 0 Å². The third kappa shape index (κ3) is 471. The van der Waals surface area contributed by atoms with E-state index in [0.717, 1.165) is 0 Å². The fraction of sp³-hybridized carbons (Fsp3) is 0. The summed E-state index contributed by atoms with van der Waals surface area (Å²) in [7, 11) is 0. The summed E-state index contributed by atoms with van der Waals surface area (Å²) >= 11 is -12.2. The molecule has 14 heavy (non-hydrogen) atoms. The van der Waals surface area contributed by atoms with Crippen molar-refractivity contribution in [2.24, 2.45) is 0 Å². The quantitative estimate of drug-likeness (QED) is 0.222. The molecule has 0 N–H and O–H groups in total. The third-order valence-electron chi connectivity index (χ3n) is 0. The first kappa shape index (κ1) is 29.9. The summed E-state index contributed by atoms with van der Waals surface area (Å²) in [6.07, 6.45) is 0. The Hall–Kier alpha value is 2.32.